The molecule has 15 heavy (non-hydrogen) atoms. The summed E-state index contributed by atoms with van der Waals surface area (Å²) in [5.41, 5.74) is 6.09. The first-order chi connectivity index (χ1) is 7.36. The minimum Gasteiger partial charge on any atom is -0.0841 e. The quantitative estimate of drug-likeness (QED) is 0.652. The summed E-state index contributed by atoms with van der Waals surface area (Å²) in [6.07, 6.45) is 5.87. The lowest BCUT2D eigenvalue weighted by Crippen LogP contribution is -1.85. The van der Waals surface area contributed by atoms with Crippen LogP contribution in [0, 0.1) is 0 Å². The van der Waals surface area contributed by atoms with E-state index in [1.165, 1.54) is 18.4 Å². The molecule has 0 nitrogen and oxygen atoms in total. The molecule has 78 valence electrons. The van der Waals surface area contributed by atoms with Crippen LogP contribution in [-0.4, -0.2) is 0 Å². The van der Waals surface area contributed by atoms with Gasteiger partial charge in [-0.25, -0.2) is 0 Å². The molecule has 0 saturated heterocycles. The Kier molecular flexibility index (Phi) is 3.05. The predicted octanol–water partition coefficient (Wildman–Crippen LogP) is 4.59. The molecular formula is C15H18. The smallest absolute Gasteiger partial charge is 0.0222 e. The van der Waals surface area contributed by atoms with Crippen LogP contribution >= 0.6 is 0 Å². The first-order valence-electron chi connectivity index (χ1n) is 5.79. The largest absolute Gasteiger partial charge is 0.0841 e. The van der Waals surface area contributed by atoms with Gasteiger partial charge in [0.15, 0.2) is 0 Å². The maximum atomic E-state index is 2.27. The molecule has 0 spiro atoms. The Hall–Kier alpha value is -1.30. The van der Waals surface area contributed by atoms with E-state index in [4.69, 9.17) is 0 Å². The van der Waals surface area contributed by atoms with Crippen molar-refractivity contribution in [3.63, 3.8) is 0 Å². The fourth-order valence-electron chi connectivity index (χ4n) is 2.47. The van der Waals surface area contributed by atoms with Gasteiger partial charge in [0.05, 0.1) is 0 Å². The van der Waals surface area contributed by atoms with E-state index in [0.29, 0.717) is 0 Å². The normalized spacial score (nSPS) is 18.9. The van der Waals surface area contributed by atoms with Crippen LogP contribution in [0.5, 0.6) is 0 Å². The van der Waals surface area contributed by atoms with Crippen LogP contribution in [0.4, 0.5) is 0 Å². The van der Waals surface area contributed by atoms with Crippen LogP contribution in [0.25, 0.3) is 5.57 Å². The Labute approximate surface area is 92.3 Å². The third kappa shape index (κ3) is 1.90. The highest BCUT2D eigenvalue weighted by atomic mass is 14.2. The fraction of sp³-hybridized carbons (Fsp3) is 0.333. The molecular weight excluding hydrogens is 180 g/mol. The van der Waals surface area contributed by atoms with Gasteiger partial charge in [0.25, 0.3) is 0 Å². The molecule has 0 bridgehead atoms. The molecule has 1 aromatic rings. The zero-order valence-corrected chi connectivity index (χ0v) is 9.59. The van der Waals surface area contributed by atoms with E-state index in [1.54, 1.807) is 16.7 Å². The highest BCUT2D eigenvalue weighted by Gasteiger charge is 2.18. The summed E-state index contributed by atoms with van der Waals surface area (Å²) in [5.74, 6) is 0. The van der Waals surface area contributed by atoms with E-state index < -0.39 is 0 Å². The summed E-state index contributed by atoms with van der Waals surface area (Å²) in [7, 11) is 0. The Morgan fingerprint density at radius 2 is 1.87 bits per heavy atom. The van der Waals surface area contributed by atoms with Crippen molar-refractivity contribution < 1.29 is 0 Å². The molecule has 0 fully saturated rings. The number of rotatable bonds is 2. The van der Waals surface area contributed by atoms with Crippen molar-refractivity contribution in [2.75, 3.05) is 0 Å². The molecule has 0 aromatic heterocycles. The minimum atomic E-state index is 1.16. The molecule has 1 aliphatic carbocycles. The highest BCUT2D eigenvalue weighted by Crippen LogP contribution is 2.38. The highest BCUT2D eigenvalue weighted by molar-refractivity contribution is 5.75. The topological polar surface area (TPSA) is 0 Å². The van der Waals surface area contributed by atoms with Gasteiger partial charge in [0.2, 0.25) is 0 Å². The van der Waals surface area contributed by atoms with Gasteiger partial charge >= 0.3 is 0 Å². The van der Waals surface area contributed by atoms with Gasteiger partial charge in [-0.3, -0.25) is 0 Å². The first-order valence-corrected chi connectivity index (χ1v) is 5.79. The molecule has 0 amide bonds. The second-order valence-electron chi connectivity index (χ2n) is 3.99. The average molecular weight is 198 g/mol. The van der Waals surface area contributed by atoms with E-state index in [9.17, 15) is 0 Å². The molecule has 2 rings (SSSR count). The molecule has 0 atom stereocenters. The van der Waals surface area contributed by atoms with E-state index in [0.717, 1.165) is 6.42 Å². The monoisotopic (exact) mass is 198 g/mol. The number of hydrogen-bond donors (Lipinski definition) is 0. The van der Waals surface area contributed by atoms with Crippen LogP contribution in [0.3, 0.4) is 0 Å². The summed E-state index contributed by atoms with van der Waals surface area (Å²) >= 11 is 0. The van der Waals surface area contributed by atoms with Gasteiger partial charge in [0.1, 0.15) is 0 Å². The third-order valence-corrected chi connectivity index (χ3v) is 3.22. The van der Waals surface area contributed by atoms with Crippen molar-refractivity contribution in [1.82, 2.24) is 0 Å². The molecule has 0 aliphatic heterocycles. The van der Waals surface area contributed by atoms with Crippen LogP contribution in [0.15, 0.2) is 47.6 Å². The van der Waals surface area contributed by atoms with Gasteiger partial charge < -0.3 is 0 Å². The van der Waals surface area contributed by atoms with Crippen molar-refractivity contribution in [2.45, 2.75) is 33.1 Å². The molecule has 0 saturated carbocycles. The van der Waals surface area contributed by atoms with E-state index in [2.05, 4.69) is 50.3 Å². The van der Waals surface area contributed by atoms with Gasteiger partial charge in [-0.2, -0.15) is 0 Å². The second kappa shape index (κ2) is 4.48. The zero-order chi connectivity index (χ0) is 10.7. The lowest BCUT2D eigenvalue weighted by molar-refractivity contribution is 1.04. The first kappa shape index (κ1) is 10.2. The van der Waals surface area contributed by atoms with Crippen LogP contribution < -0.4 is 0 Å². The summed E-state index contributed by atoms with van der Waals surface area (Å²) in [6, 6.07) is 10.8. The van der Waals surface area contributed by atoms with E-state index in [1.807, 2.05) is 0 Å². The summed E-state index contributed by atoms with van der Waals surface area (Å²) in [4.78, 5) is 0. The number of allylic oxidation sites excluding steroid dienone is 4. The van der Waals surface area contributed by atoms with E-state index in [-0.39, 0.29) is 0 Å². The predicted molar refractivity (Wildman–Crippen MR) is 66.6 cm³/mol. The maximum absolute atomic E-state index is 2.27. The maximum Gasteiger partial charge on any atom is -0.0222 e. The molecule has 0 N–H and O–H groups in total. The molecule has 0 heterocycles. The number of benzene rings is 1. The molecule has 0 radical (unpaired) electrons. The van der Waals surface area contributed by atoms with E-state index >= 15 is 0 Å². The van der Waals surface area contributed by atoms with Gasteiger partial charge in [-0.15, -0.1) is 0 Å². The Morgan fingerprint density at radius 1 is 1.13 bits per heavy atom. The van der Waals surface area contributed by atoms with Gasteiger partial charge in [-0.05, 0) is 48.5 Å². The van der Waals surface area contributed by atoms with Gasteiger partial charge in [-0.1, -0.05) is 43.3 Å². The molecule has 1 aliphatic rings. The van der Waals surface area contributed by atoms with Crippen molar-refractivity contribution in [2.24, 2.45) is 0 Å². The summed E-state index contributed by atoms with van der Waals surface area (Å²) in [6.45, 7) is 4.41. The second-order valence-corrected chi connectivity index (χ2v) is 3.99. The van der Waals surface area contributed by atoms with Crippen molar-refractivity contribution >= 4 is 5.57 Å². The molecule has 0 unspecified atom stereocenters. The molecule has 1 aromatic carbocycles. The average Bonchev–Trinajstić information content (AvgIpc) is 2.72. The Morgan fingerprint density at radius 3 is 2.47 bits per heavy atom. The van der Waals surface area contributed by atoms with Crippen LogP contribution in [-0.2, 0) is 0 Å². The van der Waals surface area contributed by atoms with Crippen LogP contribution in [0.1, 0.15) is 38.7 Å². The summed E-state index contributed by atoms with van der Waals surface area (Å²) in [5, 5.41) is 0. The van der Waals surface area contributed by atoms with Crippen molar-refractivity contribution in [1.29, 1.82) is 0 Å². The summed E-state index contributed by atoms with van der Waals surface area (Å²) < 4.78 is 0. The Balaban J connectivity index is 2.45. The minimum absolute atomic E-state index is 1.16. The number of hydrogen-bond acceptors (Lipinski definition) is 0. The third-order valence-electron chi connectivity index (χ3n) is 3.22. The fourth-order valence-corrected chi connectivity index (χ4v) is 2.47. The standard InChI is InChI=1S/C15H18/c1-3-12-10-11-15(14(12)4-2)13-8-6-5-7-9-13/h3,5-9H,4,10-11H2,1-2H3/b12-3+. The lowest BCUT2D eigenvalue weighted by atomic mass is 9.99. The lowest BCUT2D eigenvalue weighted by Gasteiger charge is -2.06. The van der Waals surface area contributed by atoms with Gasteiger partial charge in [0, 0.05) is 0 Å². The van der Waals surface area contributed by atoms with Crippen molar-refractivity contribution in [3.05, 3.63) is 53.1 Å². The van der Waals surface area contributed by atoms with Crippen molar-refractivity contribution in [3.8, 4) is 0 Å². The van der Waals surface area contributed by atoms with Crippen LogP contribution in [0.2, 0.25) is 0 Å². The zero-order valence-electron chi connectivity index (χ0n) is 9.59. The Bertz CT molecular complexity index is 393. The molecule has 0 heteroatoms. The SMILES string of the molecule is C/C=C1\CCC(c2ccccc2)=C1CC.